The summed E-state index contributed by atoms with van der Waals surface area (Å²) in [5.74, 6) is -0.175. The second kappa shape index (κ2) is 3.72. The quantitative estimate of drug-likeness (QED) is 0.772. The van der Waals surface area contributed by atoms with Gasteiger partial charge in [0.05, 0.1) is 5.02 Å². The van der Waals surface area contributed by atoms with Crippen LogP contribution in [0, 0.1) is 5.82 Å². The van der Waals surface area contributed by atoms with Crippen molar-refractivity contribution in [2.75, 3.05) is 5.32 Å². The molecule has 1 rings (SSSR count). The summed E-state index contributed by atoms with van der Waals surface area (Å²) in [4.78, 5) is 3.80. The van der Waals surface area contributed by atoms with E-state index in [4.69, 9.17) is 11.6 Å². The Morgan fingerprint density at radius 3 is 2.75 bits per heavy atom. The van der Waals surface area contributed by atoms with E-state index in [-0.39, 0.29) is 11.9 Å². The summed E-state index contributed by atoms with van der Waals surface area (Å²) in [6.45, 7) is 3.82. The second-order valence-corrected chi connectivity index (χ2v) is 3.22. The molecule has 0 amide bonds. The SMILES string of the molecule is CC(C)Nc1ncc(Cl)cc1F. The minimum absolute atomic E-state index is 0.160. The van der Waals surface area contributed by atoms with Gasteiger partial charge in [-0.2, -0.15) is 0 Å². The summed E-state index contributed by atoms with van der Waals surface area (Å²) >= 11 is 5.52. The molecule has 0 atom stereocenters. The summed E-state index contributed by atoms with van der Waals surface area (Å²) in [6, 6.07) is 1.40. The van der Waals surface area contributed by atoms with Crippen LogP contribution in [-0.4, -0.2) is 11.0 Å². The van der Waals surface area contributed by atoms with Crippen molar-refractivity contribution >= 4 is 17.4 Å². The van der Waals surface area contributed by atoms with Gasteiger partial charge < -0.3 is 5.32 Å². The first-order valence-corrected chi connectivity index (χ1v) is 4.05. The van der Waals surface area contributed by atoms with Gasteiger partial charge in [0.2, 0.25) is 0 Å². The molecule has 0 fully saturated rings. The van der Waals surface area contributed by atoms with Crippen LogP contribution in [0.15, 0.2) is 12.3 Å². The third kappa shape index (κ3) is 2.34. The minimum Gasteiger partial charge on any atom is -0.365 e. The molecule has 0 aromatic carbocycles. The fourth-order valence-electron chi connectivity index (χ4n) is 0.794. The van der Waals surface area contributed by atoms with E-state index in [1.165, 1.54) is 12.3 Å². The Kier molecular flexibility index (Phi) is 2.87. The number of nitrogens with zero attached hydrogens (tertiary/aromatic N) is 1. The average molecular weight is 189 g/mol. The molecule has 0 radical (unpaired) electrons. The number of hydrogen-bond acceptors (Lipinski definition) is 2. The summed E-state index contributed by atoms with van der Waals surface area (Å²) in [5.41, 5.74) is 0. The molecule has 0 aliphatic carbocycles. The van der Waals surface area contributed by atoms with Gasteiger partial charge in [-0.1, -0.05) is 11.6 Å². The third-order valence-electron chi connectivity index (χ3n) is 1.23. The first-order chi connectivity index (χ1) is 5.59. The topological polar surface area (TPSA) is 24.9 Å². The van der Waals surface area contributed by atoms with Crippen LogP contribution in [-0.2, 0) is 0 Å². The predicted molar refractivity (Wildman–Crippen MR) is 48.0 cm³/mol. The van der Waals surface area contributed by atoms with Crippen molar-refractivity contribution in [1.82, 2.24) is 4.98 Å². The van der Waals surface area contributed by atoms with Crippen LogP contribution in [0.5, 0.6) is 0 Å². The van der Waals surface area contributed by atoms with E-state index in [0.29, 0.717) is 5.02 Å². The lowest BCUT2D eigenvalue weighted by molar-refractivity contribution is 0.622. The number of rotatable bonds is 2. The van der Waals surface area contributed by atoms with Gasteiger partial charge in [-0.25, -0.2) is 9.37 Å². The van der Waals surface area contributed by atoms with Crippen molar-refractivity contribution in [2.45, 2.75) is 19.9 Å². The Hall–Kier alpha value is -0.830. The Morgan fingerprint density at radius 1 is 1.58 bits per heavy atom. The Morgan fingerprint density at radius 2 is 2.25 bits per heavy atom. The van der Waals surface area contributed by atoms with Gasteiger partial charge in [0.1, 0.15) is 0 Å². The van der Waals surface area contributed by atoms with Crippen molar-refractivity contribution in [3.63, 3.8) is 0 Å². The molecule has 0 aliphatic heterocycles. The molecule has 0 saturated carbocycles. The zero-order valence-corrected chi connectivity index (χ0v) is 7.69. The molecule has 0 bridgehead atoms. The smallest absolute Gasteiger partial charge is 0.166 e. The largest absolute Gasteiger partial charge is 0.365 e. The van der Waals surface area contributed by atoms with Crippen LogP contribution in [0.25, 0.3) is 0 Å². The molecule has 12 heavy (non-hydrogen) atoms. The molecular weight excluding hydrogens is 179 g/mol. The van der Waals surface area contributed by atoms with E-state index >= 15 is 0 Å². The first kappa shape index (κ1) is 9.26. The van der Waals surface area contributed by atoms with Gasteiger partial charge in [0.15, 0.2) is 11.6 Å². The van der Waals surface area contributed by atoms with E-state index in [2.05, 4.69) is 10.3 Å². The molecule has 1 N–H and O–H groups in total. The van der Waals surface area contributed by atoms with Crippen molar-refractivity contribution in [3.05, 3.63) is 23.1 Å². The molecular formula is C8H10ClFN2. The second-order valence-electron chi connectivity index (χ2n) is 2.78. The number of anilines is 1. The summed E-state index contributed by atoms with van der Waals surface area (Å²) in [6.07, 6.45) is 1.41. The number of halogens is 2. The van der Waals surface area contributed by atoms with Crippen LogP contribution in [0.4, 0.5) is 10.2 Å². The van der Waals surface area contributed by atoms with E-state index in [0.717, 1.165) is 0 Å². The van der Waals surface area contributed by atoms with E-state index in [9.17, 15) is 4.39 Å². The molecule has 4 heteroatoms. The highest BCUT2D eigenvalue weighted by Gasteiger charge is 2.04. The van der Waals surface area contributed by atoms with E-state index in [1.54, 1.807) is 0 Å². The first-order valence-electron chi connectivity index (χ1n) is 3.67. The number of hydrogen-bond donors (Lipinski definition) is 1. The highest BCUT2D eigenvalue weighted by Crippen LogP contribution is 2.15. The van der Waals surface area contributed by atoms with Crippen LogP contribution in [0.1, 0.15) is 13.8 Å². The molecule has 0 saturated heterocycles. The van der Waals surface area contributed by atoms with Crippen molar-refractivity contribution in [1.29, 1.82) is 0 Å². The molecule has 1 aromatic heterocycles. The van der Waals surface area contributed by atoms with Crippen LogP contribution >= 0.6 is 11.6 Å². The van der Waals surface area contributed by atoms with Gasteiger partial charge in [-0.15, -0.1) is 0 Å². The molecule has 1 heterocycles. The van der Waals surface area contributed by atoms with Crippen LogP contribution in [0.2, 0.25) is 5.02 Å². The molecule has 0 unspecified atom stereocenters. The number of nitrogens with one attached hydrogen (secondary N) is 1. The van der Waals surface area contributed by atoms with Gasteiger partial charge in [0, 0.05) is 12.2 Å². The van der Waals surface area contributed by atoms with Crippen molar-refractivity contribution in [3.8, 4) is 0 Å². The minimum atomic E-state index is -0.420. The highest BCUT2D eigenvalue weighted by atomic mass is 35.5. The third-order valence-corrected chi connectivity index (χ3v) is 1.44. The molecule has 0 aliphatic rings. The fourth-order valence-corrected chi connectivity index (χ4v) is 0.939. The zero-order valence-electron chi connectivity index (χ0n) is 6.94. The van der Waals surface area contributed by atoms with Gasteiger partial charge in [-0.05, 0) is 19.9 Å². The predicted octanol–water partition coefficient (Wildman–Crippen LogP) is 2.69. The molecule has 66 valence electrons. The standard InChI is InChI=1S/C8H10ClFN2/c1-5(2)12-8-7(10)3-6(9)4-11-8/h3-5H,1-2H3,(H,11,12). The van der Waals surface area contributed by atoms with Gasteiger partial charge in [0.25, 0.3) is 0 Å². The van der Waals surface area contributed by atoms with Crippen LogP contribution < -0.4 is 5.32 Å². The monoisotopic (exact) mass is 188 g/mol. The lowest BCUT2D eigenvalue weighted by Gasteiger charge is -2.08. The summed E-state index contributed by atoms with van der Waals surface area (Å²) < 4.78 is 13.0. The maximum absolute atomic E-state index is 13.0. The lowest BCUT2D eigenvalue weighted by atomic mass is 10.3. The highest BCUT2D eigenvalue weighted by molar-refractivity contribution is 6.30. The van der Waals surface area contributed by atoms with Gasteiger partial charge >= 0.3 is 0 Å². The van der Waals surface area contributed by atoms with Gasteiger partial charge in [-0.3, -0.25) is 0 Å². The van der Waals surface area contributed by atoms with E-state index in [1.807, 2.05) is 13.8 Å². The van der Waals surface area contributed by atoms with Crippen LogP contribution in [0.3, 0.4) is 0 Å². The Balaban J connectivity index is 2.86. The van der Waals surface area contributed by atoms with Crippen molar-refractivity contribution in [2.24, 2.45) is 0 Å². The van der Waals surface area contributed by atoms with Crippen molar-refractivity contribution < 1.29 is 4.39 Å². The number of pyridine rings is 1. The average Bonchev–Trinajstić information content (AvgIpc) is 1.94. The maximum Gasteiger partial charge on any atom is 0.166 e. The molecule has 1 aromatic rings. The summed E-state index contributed by atoms with van der Waals surface area (Å²) in [5, 5.41) is 3.16. The zero-order chi connectivity index (χ0) is 9.14. The normalized spacial score (nSPS) is 10.4. The molecule has 0 spiro atoms. The Labute approximate surface area is 75.8 Å². The Bertz CT molecular complexity index is 276. The molecule has 2 nitrogen and oxygen atoms in total. The number of aromatic nitrogens is 1. The summed E-state index contributed by atoms with van der Waals surface area (Å²) in [7, 11) is 0. The fraction of sp³-hybridized carbons (Fsp3) is 0.375. The van der Waals surface area contributed by atoms with E-state index < -0.39 is 5.82 Å². The maximum atomic E-state index is 13.0. The lowest BCUT2D eigenvalue weighted by Crippen LogP contribution is -2.12.